The molecule has 1 saturated heterocycles. The van der Waals surface area contributed by atoms with Crippen molar-refractivity contribution in [2.75, 3.05) is 0 Å². The summed E-state index contributed by atoms with van der Waals surface area (Å²) in [6, 6.07) is 0. The van der Waals surface area contributed by atoms with E-state index < -0.39 is 0 Å². The Bertz CT molecular complexity index is 410. The van der Waals surface area contributed by atoms with Crippen molar-refractivity contribution in [2.24, 2.45) is 0 Å². The van der Waals surface area contributed by atoms with E-state index >= 15 is 0 Å². The molecule has 0 saturated carbocycles. The Labute approximate surface area is 134 Å². The van der Waals surface area contributed by atoms with Gasteiger partial charge in [-0.15, -0.1) is 0 Å². The van der Waals surface area contributed by atoms with E-state index in [9.17, 15) is 4.79 Å². The van der Waals surface area contributed by atoms with Crippen molar-refractivity contribution in [1.29, 1.82) is 0 Å². The summed E-state index contributed by atoms with van der Waals surface area (Å²) in [6.07, 6.45) is 9.99. The fraction of sp³-hybridized carbons (Fsp3) is 0.833. The van der Waals surface area contributed by atoms with E-state index in [1.165, 1.54) is 6.42 Å². The molecule has 0 aromatic heterocycles. The molecule has 1 fully saturated rings. The van der Waals surface area contributed by atoms with Gasteiger partial charge in [0.15, 0.2) is 0 Å². The van der Waals surface area contributed by atoms with E-state index in [-0.39, 0.29) is 29.3 Å². The highest BCUT2D eigenvalue weighted by molar-refractivity contribution is 5.69. The van der Waals surface area contributed by atoms with Gasteiger partial charge < -0.3 is 4.74 Å². The van der Waals surface area contributed by atoms with Crippen LogP contribution in [0.3, 0.4) is 0 Å². The molecule has 1 atom stereocenters. The van der Waals surface area contributed by atoms with E-state index in [0.29, 0.717) is 6.42 Å². The van der Waals surface area contributed by atoms with E-state index in [1.807, 2.05) is 6.92 Å². The summed E-state index contributed by atoms with van der Waals surface area (Å²) in [7, 11) is 0. The first-order chi connectivity index (χ1) is 10.2. The average molecular weight is 309 g/mol. The Morgan fingerprint density at radius 3 is 2.36 bits per heavy atom. The van der Waals surface area contributed by atoms with E-state index in [1.54, 1.807) is 0 Å². The Balaban J connectivity index is 2.08. The van der Waals surface area contributed by atoms with Gasteiger partial charge in [0.2, 0.25) is 0 Å². The van der Waals surface area contributed by atoms with Crippen LogP contribution in [0.4, 0.5) is 0 Å². The fourth-order valence-corrected chi connectivity index (χ4v) is 3.81. The summed E-state index contributed by atoms with van der Waals surface area (Å²) in [5.41, 5.74) is -0.322. The number of piperidine rings is 1. The monoisotopic (exact) mass is 309 g/mol. The van der Waals surface area contributed by atoms with Gasteiger partial charge in [0.25, 0.3) is 0 Å². The zero-order valence-corrected chi connectivity index (χ0v) is 14.7. The van der Waals surface area contributed by atoms with Crippen LogP contribution in [-0.2, 0) is 14.4 Å². The molecule has 4 heteroatoms. The maximum absolute atomic E-state index is 11.6. The summed E-state index contributed by atoms with van der Waals surface area (Å²) in [4.78, 5) is 18.0. The Morgan fingerprint density at radius 1 is 1.23 bits per heavy atom. The van der Waals surface area contributed by atoms with Crippen LogP contribution < -0.4 is 0 Å². The summed E-state index contributed by atoms with van der Waals surface area (Å²) < 4.78 is 5.61. The number of rotatable bonds is 4. The number of carbonyl (C=O) groups is 1. The van der Waals surface area contributed by atoms with Gasteiger partial charge in [0, 0.05) is 30.3 Å². The summed E-state index contributed by atoms with van der Waals surface area (Å²) in [6.45, 7) is 10.5. The minimum atomic E-state index is -0.161. The van der Waals surface area contributed by atoms with Crippen LogP contribution in [0, 0.1) is 0 Å². The number of hydroxylamine groups is 2. The van der Waals surface area contributed by atoms with Crippen molar-refractivity contribution in [3.05, 3.63) is 12.2 Å². The highest BCUT2D eigenvalue weighted by Crippen LogP contribution is 2.40. The maximum Gasteiger partial charge on any atom is 0.305 e. The van der Waals surface area contributed by atoms with Gasteiger partial charge in [0.05, 0.1) is 6.10 Å². The fourth-order valence-electron chi connectivity index (χ4n) is 3.81. The Morgan fingerprint density at radius 2 is 1.86 bits per heavy atom. The number of allylic oxidation sites excluding steroid dienone is 1. The minimum Gasteiger partial charge on any atom is -0.462 e. The third kappa shape index (κ3) is 4.11. The van der Waals surface area contributed by atoms with Crippen molar-refractivity contribution in [3.63, 3.8) is 0 Å². The SMILES string of the molecule is CCC(=O)OC1CC(C)(C)N(OC2C=CCCC2)C(C)(C)C1. The molecule has 0 amide bonds. The lowest BCUT2D eigenvalue weighted by Gasteiger charge is -2.54. The Hall–Kier alpha value is -0.870. The largest absolute Gasteiger partial charge is 0.462 e. The molecule has 0 spiro atoms. The molecule has 2 rings (SSSR count). The number of esters is 1. The molecule has 1 aliphatic carbocycles. The molecule has 4 nitrogen and oxygen atoms in total. The normalized spacial score (nSPS) is 28.5. The molecule has 0 radical (unpaired) electrons. The number of hydrogen-bond donors (Lipinski definition) is 0. The van der Waals surface area contributed by atoms with Crippen molar-refractivity contribution < 1.29 is 14.4 Å². The maximum atomic E-state index is 11.6. The van der Waals surface area contributed by atoms with Gasteiger partial charge >= 0.3 is 5.97 Å². The molecular formula is C18H31NO3. The predicted octanol–water partition coefficient (Wildman–Crippen LogP) is 4.00. The predicted molar refractivity (Wildman–Crippen MR) is 87.3 cm³/mol. The smallest absolute Gasteiger partial charge is 0.305 e. The number of ether oxygens (including phenoxy) is 1. The van der Waals surface area contributed by atoms with Gasteiger partial charge in [-0.3, -0.25) is 9.63 Å². The summed E-state index contributed by atoms with van der Waals surface area (Å²) >= 11 is 0. The number of hydrogen-bond acceptors (Lipinski definition) is 4. The number of nitrogens with zero attached hydrogens (tertiary/aromatic N) is 1. The molecule has 0 N–H and O–H groups in total. The van der Waals surface area contributed by atoms with Gasteiger partial charge in [-0.05, 0) is 47.0 Å². The number of carbonyl (C=O) groups excluding carboxylic acids is 1. The zero-order valence-electron chi connectivity index (χ0n) is 14.7. The molecule has 1 unspecified atom stereocenters. The standard InChI is InChI=1S/C18H31NO3/c1-6-16(20)21-15-12-17(2,3)19(18(4,5)13-15)22-14-10-8-7-9-11-14/h8,10,14-15H,6-7,9,11-13H2,1-5H3. The van der Waals surface area contributed by atoms with E-state index in [2.05, 4.69) is 44.9 Å². The van der Waals surface area contributed by atoms with Crippen LogP contribution in [0.15, 0.2) is 12.2 Å². The average Bonchev–Trinajstić information content (AvgIpc) is 2.43. The van der Waals surface area contributed by atoms with E-state index in [0.717, 1.165) is 25.7 Å². The molecule has 126 valence electrons. The van der Waals surface area contributed by atoms with Crippen molar-refractivity contribution in [2.45, 2.75) is 96.4 Å². The molecule has 1 aliphatic heterocycles. The quantitative estimate of drug-likeness (QED) is 0.581. The molecule has 22 heavy (non-hydrogen) atoms. The van der Waals surface area contributed by atoms with Crippen molar-refractivity contribution in [1.82, 2.24) is 5.06 Å². The molecule has 2 aliphatic rings. The lowest BCUT2D eigenvalue weighted by atomic mass is 9.80. The highest BCUT2D eigenvalue weighted by atomic mass is 16.7. The first-order valence-electron chi connectivity index (χ1n) is 8.58. The molecular weight excluding hydrogens is 278 g/mol. The minimum absolute atomic E-state index is 0.0285. The van der Waals surface area contributed by atoms with Gasteiger partial charge in [0.1, 0.15) is 6.10 Å². The van der Waals surface area contributed by atoms with E-state index in [4.69, 9.17) is 9.57 Å². The lowest BCUT2D eigenvalue weighted by Crippen LogP contribution is -2.62. The first kappa shape index (κ1) is 17.5. The second kappa shape index (κ2) is 6.71. The zero-order chi connectivity index (χ0) is 16.4. The van der Waals surface area contributed by atoms with Crippen LogP contribution >= 0.6 is 0 Å². The summed E-state index contributed by atoms with van der Waals surface area (Å²) in [5, 5.41) is 2.15. The molecule has 1 heterocycles. The highest BCUT2D eigenvalue weighted by Gasteiger charge is 2.48. The van der Waals surface area contributed by atoms with Crippen LogP contribution in [0.25, 0.3) is 0 Å². The molecule has 0 aromatic rings. The van der Waals surface area contributed by atoms with Gasteiger partial charge in [-0.2, -0.15) is 5.06 Å². The third-order valence-corrected chi connectivity index (χ3v) is 4.59. The van der Waals surface area contributed by atoms with Crippen LogP contribution in [0.5, 0.6) is 0 Å². The topological polar surface area (TPSA) is 38.8 Å². The van der Waals surface area contributed by atoms with Gasteiger partial charge in [-0.25, -0.2) is 0 Å². The van der Waals surface area contributed by atoms with Crippen LogP contribution in [-0.4, -0.2) is 34.3 Å². The lowest BCUT2D eigenvalue weighted by molar-refractivity contribution is -0.308. The summed E-state index contributed by atoms with van der Waals surface area (Å²) in [5.74, 6) is -0.110. The third-order valence-electron chi connectivity index (χ3n) is 4.59. The molecule has 0 bridgehead atoms. The van der Waals surface area contributed by atoms with Gasteiger partial charge in [-0.1, -0.05) is 19.1 Å². The second-order valence-corrected chi connectivity index (χ2v) is 7.80. The second-order valence-electron chi connectivity index (χ2n) is 7.80. The Kier molecular flexibility index (Phi) is 5.33. The van der Waals surface area contributed by atoms with Crippen molar-refractivity contribution in [3.8, 4) is 0 Å². The molecule has 0 aromatic carbocycles. The van der Waals surface area contributed by atoms with Crippen LogP contribution in [0.1, 0.15) is 73.1 Å². The first-order valence-corrected chi connectivity index (χ1v) is 8.58. The van der Waals surface area contributed by atoms with Crippen LogP contribution in [0.2, 0.25) is 0 Å². The van der Waals surface area contributed by atoms with Crippen molar-refractivity contribution >= 4 is 5.97 Å².